The lowest BCUT2D eigenvalue weighted by molar-refractivity contribution is 0.141. The number of anilines is 2. The summed E-state index contributed by atoms with van der Waals surface area (Å²) in [6.07, 6.45) is 0.715. The molecule has 0 amide bonds. The summed E-state index contributed by atoms with van der Waals surface area (Å²) in [6, 6.07) is 18.5. The predicted molar refractivity (Wildman–Crippen MR) is 79.4 cm³/mol. The molecule has 2 rings (SSSR count). The molecule has 0 aliphatic heterocycles. The van der Waals surface area contributed by atoms with Crippen molar-refractivity contribution in [2.24, 2.45) is 5.34 Å². The zero-order valence-electron chi connectivity index (χ0n) is 11.2. The van der Waals surface area contributed by atoms with Crippen molar-refractivity contribution in [1.29, 1.82) is 0 Å². The molecule has 0 saturated carbocycles. The third kappa shape index (κ3) is 7.04. The van der Waals surface area contributed by atoms with Crippen molar-refractivity contribution in [3.8, 4) is 0 Å². The zero-order chi connectivity index (χ0) is 15.7. The van der Waals surface area contributed by atoms with Crippen molar-refractivity contribution < 1.29 is 17.9 Å². The maximum Gasteiger partial charge on any atom is 0.261 e. The first-order chi connectivity index (χ1) is 9.92. The van der Waals surface area contributed by atoms with Crippen molar-refractivity contribution >= 4 is 21.5 Å². The monoisotopic (exact) mass is 310 g/mol. The summed E-state index contributed by atoms with van der Waals surface area (Å²) >= 11 is 0. The summed E-state index contributed by atoms with van der Waals surface area (Å²) in [5.74, 6) is 0. The van der Waals surface area contributed by atoms with Crippen LogP contribution in [-0.4, -0.2) is 19.2 Å². The van der Waals surface area contributed by atoms with Gasteiger partial charge in [-0.15, -0.1) is 9.97 Å². The van der Waals surface area contributed by atoms with Gasteiger partial charge < -0.3 is 0 Å². The SMILES string of the molecule is CS(=O)(=O)O.O=NON(c1ccccc1)c1ccccc1. The number of rotatable bonds is 4. The van der Waals surface area contributed by atoms with E-state index in [1.165, 1.54) is 5.06 Å². The molecule has 0 bridgehead atoms. The summed E-state index contributed by atoms with van der Waals surface area (Å²) in [7, 11) is -3.67. The van der Waals surface area contributed by atoms with Crippen molar-refractivity contribution in [2.45, 2.75) is 0 Å². The highest BCUT2D eigenvalue weighted by Crippen LogP contribution is 2.24. The molecular formula is C13H14N2O5S. The van der Waals surface area contributed by atoms with Gasteiger partial charge >= 0.3 is 0 Å². The molecule has 0 heterocycles. The fourth-order valence-corrected chi connectivity index (χ4v) is 1.40. The van der Waals surface area contributed by atoms with Gasteiger partial charge in [0, 0.05) is 0 Å². The van der Waals surface area contributed by atoms with Crippen LogP contribution in [0, 0.1) is 4.91 Å². The Morgan fingerprint density at radius 3 is 1.57 bits per heavy atom. The van der Waals surface area contributed by atoms with Gasteiger partial charge in [0.15, 0.2) is 5.34 Å². The molecule has 1 N–H and O–H groups in total. The van der Waals surface area contributed by atoms with Gasteiger partial charge in [-0.05, 0) is 24.3 Å². The summed E-state index contributed by atoms with van der Waals surface area (Å²) in [6.45, 7) is 0. The Morgan fingerprint density at radius 2 is 1.29 bits per heavy atom. The van der Waals surface area contributed by atoms with Crippen molar-refractivity contribution in [3.63, 3.8) is 0 Å². The number of nitrogens with zero attached hydrogens (tertiary/aromatic N) is 2. The molecule has 0 aromatic heterocycles. The molecule has 0 unspecified atom stereocenters. The molecule has 8 heteroatoms. The zero-order valence-corrected chi connectivity index (χ0v) is 12.0. The molecule has 0 spiro atoms. The van der Waals surface area contributed by atoms with Gasteiger partial charge in [0.1, 0.15) is 0 Å². The van der Waals surface area contributed by atoms with E-state index in [2.05, 4.69) is 5.34 Å². The van der Waals surface area contributed by atoms with E-state index in [1.54, 1.807) is 0 Å². The average molecular weight is 310 g/mol. The van der Waals surface area contributed by atoms with Crippen LogP contribution in [0.2, 0.25) is 0 Å². The van der Waals surface area contributed by atoms with Crippen LogP contribution in [0.1, 0.15) is 0 Å². The summed E-state index contributed by atoms with van der Waals surface area (Å²) in [5.41, 5.74) is 1.49. The third-order valence-corrected chi connectivity index (χ3v) is 2.10. The lowest BCUT2D eigenvalue weighted by atomic mass is 10.2. The first-order valence-electron chi connectivity index (χ1n) is 5.74. The van der Waals surface area contributed by atoms with Gasteiger partial charge in [-0.25, -0.2) is 4.94 Å². The average Bonchev–Trinajstić information content (AvgIpc) is 2.45. The topological polar surface area (TPSA) is 96.3 Å². The van der Waals surface area contributed by atoms with E-state index in [4.69, 9.17) is 9.49 Å². The highest BCUT2D eigenvalue weighted by Gasteiger charge is 2.09. The van der Waals surface area contributed by atoms with Crippen LogP contribution in [-0.2, 0) is 15.1 Å². The van der Waals surface area contributed by atoms with Gasteiger partial charge in [-0.2, -0.15) is 8.42 Å². The van der Waals surface area contributed by atoms with Crippen molar-refractivity contribution in [3.05, 3.63) is 65.6 Å². The molecule has 0 aliphatic rings. The van der Waals surface area contributed by atoms with Crippen molar-refractivity contribution in [2.75, 3.05) is 11.3 Å². The smallest absolute Gasteiger partial charge is 0.261 e. The minimum Gasteiger partial charge on any atom is -0.286 e. The standard InChI is InChI=1S/C12H10N2O2.CH4O3S/c15-13-16-14(11-7-3-1-4-8-11)12-9-5-2-6-10-12;1-5(2,3)4/h1-10H;1H3,(H,2,3,4). The van der Waals surface area contributed by atoms with Crippen LogP contribution in [0.15, 0.2) is 66.0 Å². The second-order valence-electron chi connectivity index (χ2n) is 3.85. The molecule has 0 saturated heterocycles. The van der Waals surface area contributed by atoms with Crippen molar-refractivity contribution in [1.82, 2.24) is 0 Å². The number of benzene rings is 2. The molecule has 2 aromatic carbocycles. The molecule has 0 atom stereocenters. The number of hydrogen-bond donors (Lipinski definition) is 1. The first kappa shape index (κ1) is 16.6. The molecule has 0 radical (unpaired) electrons. The van der Waals surface area contributed by atoms with E-state index >= 15 is 0 Å². The molecule has 7 nitrogen and oxygen atoms in total. The molecule has 0 fully saturated rings. The van der Waals surface area contributed by atoms with Gasteiger partial charge in [0.05, 0.1) is 17.6 Å². The lowest BCUT2D eigenvalue weighted by Crippen LogP contribution is -2.13. The minimum atomic E-state index is -3.67. The number of hydrogen-bond acceptors (Lipinski definition) is 6. The summed E-state index contributed by atoms with van der Waals surface area (Å²) in [4.78, 5) is 15.0. The van der Waals surface area contributed by atoms with Crippen LogP contribution in [0.3, 0.4) is 0 Å². The summed E-state index contributed by atoms with van der Waals surface area (Å²) in [5, 5.41) is 3.83. The Labute approximate surface area is 122 Å². The fraction of sp³-hybridized carbons (Fsp3) is 0.0769. The van der Waals surface area contributed by atoms with Crippen LogP contribution in [0.4, 0.5) is 11.4 Å². The normalized spacial score (nSPS) is 10.0. The lowest BCUT2D eigenvalue weighted by Gasteiger charge is -2.18. The van der Waals surface area contributed by atoms with Gasteiger partial charge in [-0.3, -0.25) is 4.55 Å². The maximum absolute atomic E-state index is 10.2. The quantitative estimate of drug-likeness (QED) is 0.530. The molecule has 0 aliphatic carbocycles. The van der Waals surface area contributed by atoms with Gasteiger partial charge in [0.25, 0.3) is 10.1 Å². The minimum absolute atomic E-state index is 0.715. The Bertz CT molecular complexity index is 599. The van der Waals surface area contributed by atoms with Crippen LogP contribution >= 0.6 is 0 Å². The Kier molecular flexibility index (Phi) is 6.31. The maximum atomic E-state index is 10.2. The van der Waals surface area contributed by atoms with Gasteiger partial charge in [0.2, 0.25) is 0 Å². The van der Waals surface area contributed by atoms with Crippen LogP contribution < -0.4 is 5.06 Å². The van der Waals surface area contributed by atoms with Crippen LogP contribution in [0.25, 0.3) is 0 Å². The van der Waals surface area contributed by atoms with E-state index in [-0.39, 0.29) is 0 Å². The highest BCUT2D eigenvalue weighted by atomic mass is 32.2. The molecular weight excluding hydrogens is 296 g/mol. The summed E-state index contributed by atoms with van der Waals surface area (Å²) < 4.78 is 25.9. The largest absolute Gasteiger partial charge is 0.286 e. The molecule has 21 heavy (non-hydrogen) atoms. The van der Waals surface area contributed by atoms with E-state index in [0.29, 0.717) is 6.26 Å². The molecule has 2 aromatic rings. The highest BCUT2D eigenvalue weighted by molar-refractivity contribution is 7.85. The second-order valence-corrected chi connectivity index (χ2v) is 5.32. The Balaban J connectivity index is 0.000000383. The van der Waals surface area contributed by atoms with E-state index in [1.807, 2.05) is 60.7 Å². The fourth-order valence-electron chi connectivity index (χ4n) is 1.40. The van der Waals surface area contributed by atoms with Crippen LogP contribution in [0.5, 0.6) is 0 Å². The van der Waals surface area contributed by atoms with Gasteiger partial charge in [-0.1, -0.05) is 36.4 Å². The predicted octanol–water partition coefficient (Wildman–Crippen LogP) is 2.94. The molecule has 112 valence electrons. The second kappa shape index (κ2) is 7.98. The Morgan fingerprint density at radius 1 is 0.952 bits per heavy atom. The third-order valence-electron chi connectivity index (χ3n) is 2.10. The van der Waals surface area contributed by atoms with E-state index in [9.17, 15) is 13.3 Å². The first-order valence-corrected chi connectivity index (χ1v) is 7.59. The number of para-hydroxylation sites is 2. The Hall–Kier alpha value is -2.45. The van der Waals surface area contributed by atoms with E-state index < -0.39 is 10.1 Å². The van der Waals surface area contributed by atoms with E-state index in [0.717, 1.165) is 11.4 Å².